The number of nitrogens with one attached hydrogen (secondary N) is 1. The number of rotatable bonds is 5. The van der Waals surface area contributed by atoms with Crippen molar-refractivity contribution < 1.29 is 9.47 Å². The van der Waals surface area contributed by atoms with Crippen LogP contribution in [0.1, 0.15) is 13.3 Å². The molecule has 1 aliphatic heterocycles. The molecule has 4 heteroatoms. The number of hydrogen-bond donors (Lipinski definition) is 1. The minimum atomic E-state index is 0.214. The molecular formula is C11H16N2O2. The fourth-order valence-electron chi connectivity index (χ4n) is 1.31. The lowest BCUT2D eigenvalue weighted by Gasteiger charge is -2.26. The largest absolute Gasteiger partial charge is 0.485 e. The van der Waals surface area contributed by atoms with Crippen LogP contribution in [-0.2, 0) is 4.74 Å². The molecule has 1 aromatic heterocycles. The van der Waals surface area contributed by atoms with E-state index in [0.29, 0.717) is 13.2 Å². The van der Waals surface area contributed by atoms with Gasteiger partial charge in [0.1, 0.15) is 17.7 Å². The number of aromatic nitrogens is 1. The zero-order chi connectivity index (χ0) is 10.5. The van der Waals surface area contributed by atoms with E-state index >= 15 is 0 Å². The average Bonchev–Trinajstić information content (AvgIpc) is 2.21. The number of hydrogen-bond acceptors (Lipinski definition) is 4. The molecule has 82 valence electrons. The van der Waals surface area contributed by atoms with Gasteiger partial charge in [0.05, 0.1) is 13.2 Å². The predicted octanol–water partition coefficient (Wildman–Crippen LogP) is 1.68. The summed E-state index contributed by atoms with van der Waals surface area (Å²) in [5, 5.41) is 3.22. The van der Waals surface area contributed by atoms with Crippen LogP contribution < -0.4 is 10.1 Å². The van der Waals surface area contributed by atoms with Crippen molar-refractivity contribution in [3.05, 3.63) is 18.3 Å². The molecule has 2 heterocycles. The summed E-state index contributed by atoms with van der Waals surface area (Å²) in [6.45, 7) is 4.45. The zero-order valence-corrected chi connectivity index (χ0v) is 8.90. The first kappa shape index (κ1) is 10.2. The minimum absolute atomic E-state index is 0.214. The average molecular weight is 208 g/mol. The number of pyridine rings is 1. The first-order valence-corrected chi connectivity index (χ1v) is 5.33. The third kappa shape index (κ3) is 2.83. The van der Waals surface area contributed by atoms with Crippen molar-refractivity contribution in [1.29, 1.82) is 0 Å². The molecule has 0 bridgehead atoms. The monoisotopic (exact) mass is 208 g/mol. The van der Waals surface area contributed by atoms with Gasteiger partial charge in [-0.05, 0) is 12.5 Å². The molecule has 0 amide bonds. The Hall–Kier alpha value is -1.29. The summed E-state index contributed by atoms with van der Waals surface area (Å²) in [6.07, 6.45) is 3.06. The van der Waals surface area contributed by atoms with Gasteiger partial charge in [0.25, 0.3) is 0 Å². The van der Waals surface area contributed by atoms with Crippen molar-refractivity contribution in [3.63, 3.8) is 0 Å². The molecule has 0 unspecified atom stereocenters. The summed E-state index contributed by atoms with van der Waals surface area (Å²) in [6, 6.07) is 3.80. The number of anilines is 1. The van der Waals surface area contributed by atoms with Gasteiger partial charge in [0, 0.05) is 18.8 Å². The Labute approximate surface area is 89.6 Å². The van der Waals surface area contributed by atoms with Crippen LogP contribution in [-0.4, -0.2) is 30.8 Å². The van der Waals surface area contributed by atoms with Crippen LogP contribution >= 0.6 is 0 Å². The Balaban J connectivity index is 1.92. The molecule has 0 aromatic carbocycles. The van der Waals surface area contributed by atoms with Gasteiger partial charge in [-0.1, -0.05) is 6.92 Å². The Morgan fingerprint density at radius 2 is 2.47 bits per heavy atom. The van der Waals surface area contributed by atoms with E-state index in [-0.39, 0.29) is 6.10 Å². The van der Waals surface area contributed by atoms with Gasteiger partial charge in [-0.15, -0.1) is 0 Å². The standard InChI is InChI=1S/C11H16N2O2/c1-2-4-12-11-6-9(3-5-13-11)15-10-7-14-8-10/h3,5-6,10H,2,4,7-8H2,1H3,(H,12,13). The van der Waals surface area contributed by atoms with E-state index in [1.807, 2.05) is 12.1 Å². The zero-order valence-electron chi connectivity index (χ0n) is 8.90. The Morgan fingerprint density at radius 3 is 3.13 bits per heavy atom. The minimum Gasteiger partial charge on any atom is -0.485 e. The van der Waals surface area contributed by atoms with E-state index in [9.17, 15) is 0 Å². The quantitative estimate of drug-likeness (QED) is 0.799. The lowest BCUT2D eigenvalue weighted by molar-refractivity contribution is -0.0796. The molecule has 1 N–H and O–H groups in total. The smallest absolute Gasteiger partial charge is 0.145 e. The van der Waals surface area contributed by atoms with Gasteiger partial charge in [-0.3, -0.25) is 0 Å². The maximum absolute atomic E-state index is 5.67. The molecule has 0 atom stereocenters. The first-order chi connectivity index (χ1) is 7.38. The van der Waals surface area contributed by atoms with Crippen molar-refractivity contribution in [2.45, 2.75) is 19.4 Å². The maximum atomic E-state index is 5.67. The number of ether oxygens (including phenoxy) is 2. The third-order valence-corrected chi connectivity index (χ3v) is 2.20. The number of nitrogens with zero attached hydrogens (tertiary/aromatic N) is 1. The molecule has 0 radical (unpaired) electrons. The predicted molar refractivity (Wildman–Crippen MR) is 58.3 cm³/mol. The Morgan fingerprint density at radius 1 is 1.60 bits per heavy atom. The highest BCUT2D eigenvalue weighted by Crippen LogP contribution is 2.18. The highest BCUT2D eigenvalue weighted by molar-refractivity contribution is 5.40. The highest BCUT2D eigenvalue weighted by atomic mass is 16.6. The van der Waals surface area contributed by atoms with E-state index < -0.39 is 0 Å². The van der Waals surface area contributed by atoms with Crippen molar-refractivity contribution >= 4 is 5.82 Å². The molecule has 15 heavy (non-hydrogen) atoms. The van der Waals surface area contributed by atoms with Crippen LogP contribution in [0, 0.1) is 0 Å². The van der Waals surface area contributed by atoms with Gasteiger partial charge < -0.3 is 14.8 Å². The molecule has 0 saturated carbocycles. The highest BCUT2D eigenvalue weighted by Gasteiger charge is 2.19. The summed E-state index contributed by atoms with van der Waals surface area (Å²) < 4.78 is 10.7. The van der Waals surface area contributed by atoms with Gasteiger partial charge in [0.2, 0.25) is 0 Å². The second-order valence-corrected chi connectivity index (χ2v) is 3.58. The summed E-state index contributed by atoms with van der Waals surface area (Å²) in [5.74, 6) is 1.73. The summed E-state index contributed by atoms with van der Waals surface area (Å²) in [4.78, 5) is 4.21. The van der Waals surface area contributed by atoms with E-state index in [1.54, 1.807) is 6.20 Å². The molecule has 2 rings (SSSR count). The van der Waals surface area contributed by atoms with Crippen LogP contribution in [0.5, 0.6) is 5.75 Å². The summed E-state index contributed by atoms with van der Waals surface area (Å²) in [5.41, 5.74) is 0. The molecule has 1 aromatic rings. The maximum Gasteiger partial charge on any atom is 0.145 e. The molecule has 0 aliphatic carbocycles. The van der Waals surface area contributed by atoms with Crippen LogP contribution in [0.3, 0.4) is 0 Å². The Kier molecular flexibility index (Phi) is 3.40. The molecule has 1 aliphatic rings. The normalized spacial score (nSPS) is 15.8. The van der Waals surface area contributed by atoms with Gasteiger partial charge >= 0.3 is 0 Å². The summed E-state index contributed by atoms with van der Waals surface area (Å²) >= 11 is 0. The van der Waals surface area contributed by atoms with Crippen molar-refractivity contribution in [1.82, 2.24) is 4.98 Å². The van der Waals surface area contributed by atoms with Gasteiger partial charge in [0.15, 0.2) is 0 Å². The van der Waals surface area contributed by atoms with E-state index in [1.165, 1.54) is 0 Å². The molecule has 1 saturated heterocycles. The SMILES string of the molecule is CCCNc1cc(OC2COC2)ccn1. The van der Waals surface area contributed by atoms with Crippen LogP contribution in [0.15, 0.2) is 18.3 Å². The van der Waals surface area contributed by atoms with Crippen LogP contribution in [0.2, 0.25) is 0 Å². The lowest BCUT2D eigenvalue weighted by Crippen LogP contribution is -2.38. The topological polar surface area (TPSA) is 43.4 Å². The molecule has 0 spiro atoms. The fourth-order valence-corrected chi connectivity index (χ4v) is 1.31. The van der Waals surface area contributed by atoms with Crippen molar-refractivity contribution in [2.24, 2.45) is 0 Å². The third-order valence-electron chi connectivity index (χ3n) is 2.20. The summed E-state index contributed by atoms with van der Waals surface area (Å²) in [7, 11) is 0. The van der Waals surface area contributed by atoms with Crippen LogP contribution in [0.25, 0.3) is 0 Å². The van der Waals surface area contributed by atoms with Crippen molar-refractivity contribution in [2.75, 3.05) is 25.1 Å². The van der Waals surface area contributed by atoms with E-state index in [2.05, 4.69) is 17.2 Å². The van der Waals surface area contributed by atoms with Crippen molar-refractivity contribution in [3.8, 4) is 5.75 Å². The molecule has 4 nitrogen and oxygen atoms in total. The van der Waals surface area contributed by atoms with E-state index in [0.717, 1.165) is 24.5 Å². The lowest BCUT2D eigenvalue weighted by atomic mass is 10.3. The van der Waals surface area contributed by atoms with E-state index in [4.69, 9.17) is 9.47 Å². The second kappa shape index (κ2) is 4.98. The van der Waals surface area contributed by atoms with Gasteiger partial charge in [-0.2, -0.15) is 0 Å². The molecular weight excluding hydrogens is 192 g/mol. The second-order valence-electron chi connectivity index (χ2n) is 3.58. The first-order valence-electron chi connectivity index (χ1n) is 5.33. The molecule has 1 fully saturated rings. The Bertz CT molecular complexity index is 313. The van der Waals surface area contributed by atoms with Gasteiger partial charge in [-0.25, -0.2) is 4.98 Å². The van der Waals surface area contributed by atoms with Crippen LogP contribution in [0.4, 0.5) is 5.82 Å². The fraction of sp³-hybridized carbons (Fsp3) is 0.545.